The molecule has 242 valence electrons. The minimum atomic E-state index is -4.56. The fraction of sp³-hybridized carbons (Fsp3) is 0.355. The van der Waals surface area contributed by atoms with E-state index in [4.69, 9.17) is 15.2 Å². The quantitative estimate of drug-likeness (QED) is 0.213. The third-order valence-corrected chi connectivity index (χ3v) is 7.22. The number of ether oxygens (including phenoxy) is 2. The fourth-order valence-corrected chi connectivity index (χ4v) is 5.08. The van der Waals surface area contributed by atoms with E-state index in [0.717, 1.165) is 0 Å². The van der Waals surface area contributed by atoms with Crippen LogP contribution in [0.2, 0.25) is 0 Å². The summed E-state index contributed by atoms with van der Waals surface area (Å²) in [6, 6.07) is 13.6. The molecule has 3 aromatic rings. The first-order chi connectivity index (χ1) is 21.4. The Hall–Kier alpha value is -4.30. The van der Waals surface area contributed by atoms with Crippen LogP contribution in [0.3, 0.4) is 0 Å². The van der Waals surface area contributed by atoms with Crippen LogP contribution in [0.25, 0.3) is 0 Å². The molecule has 45 heavy (non-hydrogen) atoms. The number of amides is 2. The minimum absolute atomic E-state index is 0.0896. The smallest absolute Gasteiger partial charge is 0.407 e. The molecule has 1 aliphatic heterocycles. The van der Waals surface area contributed by atoms with Crippen molar-refractivity contribution in [2.75, 3.05) is 31.6 Å². The summed E-state index contributed by atoms with van der Waals surface area (Å²) >= 11 is 0. The number of nitrogens with one attached hydrogen (secondary N) is 3. The average molecular weight is 639 g/mol. The fourth-order valence-electron chi connectivity index (χ4n) is 5.08. The zero-order valence-corrected chi connectivity index (χ0v) is 23.9. The van der Waals surface area contributed by atoms with E-state index in [9.17, 15) is 31.5 Å². The van der Waals surface area contributed by atoms with Gasteiger partial charge in [0.05, 0.1) is 18.8 Å². The average Bonchev–Trinajstić information content (AvgIpc) is 2.98. The van der Waals surface area contributed by atoms with Crippen molar-refractivity contribution in [1.29, 1.82) is 0 Å². The largest absolute Gasteiger partial charge is 0.448 e. The standard InChI is InChI=1S/C31H32F6N4O4/c32-20-6-1-4-18(12-20)27(19-5-2-7-21(33)13-19)28(29(38)42)41-26-9-3-8-25(34)24(26)11-10-23-14-39-22(15-44-23)16-45-30(43)40-17-31(35,36)37/h1-9,12-13,22-23,27-28,39,41H,10-11,14-17H2,(H2,38,42)(H,40,43)/t22-,23+,28-/m0/s1. The van der Waals surface area contributed by atoms with Crippen LogP contribution in [0.4, 0.5) is 36.8 Å². The van der Waals surface area contributed by atoms with Crippen LogP contribution in [0.5, 0.6) is 0 Å². The van der Waals surface area contributed by atoms with Crippen molar-refractivity contribution >= 4 is 17.7 Å². The second-order valence-corrected chi connectivity index (χ2v) is 10.5. The number of benzene rings is 3. The van der Waals surface area contributed by atoms with Crippen LogP contribution >= 0.6 is 0 Å². The molecule has 1 heterocycles. The van der Waals surface area contributed by atoms with E-state index in [1.807, 2.05) is 0 Å². The number of alkyl carbamates (subject to hydrolysis) is 1. The maximum absolute atomic E-state index is 15.1. The summed E-state index contributed by atoms with van der Waals surface area (Å²) in [5.74, 6) is -3.45. The number of morpholine rings is 1. The van der Waals surface area contributed by atoms with Gasteiger partial charge < -0.3 is 31.2 Å². The third kappa shape index (κ3) is 9.85. The van der Waals surface area contributed by atoms with Crippen molar-refractivity contribution in [3.63, 3.8) is 0 Å². The van der Waals surface area contributed by atoms with Gasteiger partial charge in [-0.3, -0.25) is 4.79 Å². The van der Waals surface area contributed by atoms with Gasteiger partial charge in [-0.15, -0.1) is 0 Å². The first-order valence-corrected chi connectivity index (χ1v) is 14.1. The van der Waals surface area contributed by atoms with Crippen molar-refractivity contribution in [2.24, 2.45) is 5.73 Å². The number of rotatable bonds is 12. The highest BCUT2D eigenvalue weighted by Crippen LogP contribution is 2.33. The molecule has 8 nitrogen and oxygen atoms in total. The van der Waals surface area contributed by atoms with Gasteiger partial charge in [0.1, 0.15) is 36.6 Å². The van der Waals surface area contributed by atoms with E-state index in [1.54, 1.807) is 23.5 Å². The van der Waals surface area contributed by atoms with E-state index >= 15 is 4.39 Å². The molecular weight excluding hydrogens is 606 g/mol. The number of halogens is 6. The summed E-state index contributed by atoms with van der Waals surface area (Å²) < 4.78 is 90.9. The highest BCUT2D eigenvalue weighted by Gasteiger charge is 2.32. The highest BCUT2D eigenvalue weighted by molar-refractivity contribution is 5.85. The number of carbonyl (C=O) groups excluding carboxylic acids is 2. The summed E-state index contributed by atoms with van der Waals surface area (Å²) in [6.07, 6.45) is -5.65. The molecule has 0 aromatic heterocycles. The van der Waals surface area contributed by atoms with Crippen molar-refractivity contribution in [3.8, 4) is 0 Å². The van der Waals surface area contributed by atoms with Crippen LogP contribution in [-0.4, -0.2) is 62.7 Å². The molecule has 0 unspecified atom stereocenters. The first-order valence-electron chi connectivity index (χ1n) is 14.1. The van der Waals surface area contributed by atoms with Crippen molar-refractivity contribution in [2.45, 2.75) is 43.1 Å². The zero-order chi connectivity index (χ0) is 32.6. The molecule has 14 heteroatoms. The first kappa shape index (κ1) is 33.6. The summed E-state index contributed by atoms with van der Waals surface area (Å²) in [6.45, 7) is -1.34. The highest BCUT2D eigenvalue weighted by atomic mass is 19.4. The molecule has 1 fully saturated rings. The normalized spacial score (nSPS) is 17.5. The molecule has 1 saturated heterocycles. The second-order valence-electron chi connectivity index (χ2n) is 10.5. The van der Waals surface area contributed by atoms with Gasteiger partial charge in [0, 0.05) is 23.7 Å². The topological polar surface area (TPSA) is 115 Å². The lowest BCUT2D eigenvalue weighted by Crippen LogP contribution is -2.49. The number of anilines is 1. The lowest BCUT2D eigenvalue weighted by Gasteiger charge is -2.31. The van der Waals surface area contributed by atoms with Crippen LogP contribution in [0.15, 0.2) is 66.7 Å². The Kier molecular flexibility index (Phi) is 11.3. The number of carbonyl (C=O) groups is 2. The Balaban J connectivity index is 1.43. The van der Waals surface area contributed by atoms with Crippen LogP contribution in [-0.2, 0) is 20.7 Å². The zero-order valence-electron chi connectivity index (χ0n) is 23.9. The number of primary amides is 1. The Bertz CT molecular complexity index is 1420. The summed E-state index contributed by atoms with van der Waals surface area (Å²) in [4.78, 5) is 24.3. The van der Waals surface area contributed by atoms with E-state index < -0.39 is 60.2 Å². The van der Waals surface area contributed by atoms with Gasteiger partial charge in [0.2, 0.25) is 5.91 Å². The number of nitrogens with two attached hydrogens (primary N) is 1. The molecule has 3 atom stereocenters. The van der Waals surface area contributed by atoms with E-state index in [2.05, 4.69) is 10.6 Å². The molecule has 0 aliphatic carbocycles. The molecule has 5 N–H and O–H groups in total. The van der Waals surface area contributed by atoms with Gasteiger partial charge >= 0.3 is 12.3 Å². The molecule has 0 spiro atoms. The van der Waals surface area contributed by atoms with Gasteiger partial charge in [-0.1, -0.05) is 30.3 Å². The molecule has 0 bridgehead atoms. The van der Waals surface area contributed by atoms with Gasteiger partial charge in [-0.25, -0.2) is 18.0 Å². The molecule has 0 radical (unpaired) electrons. The lowest BCUT2D eigenvalue weighted by atomic mass is 9.84. The maximum atomic E-state index is 15.1. The molecule has 0 saturated carbocycles. The number of alkyl halides is 3. The second kappa shape index (κ2) is 15.1. The summed E-state index contributed by atoms with van der Waals surface area (Å²) in [5, 5.41) is 7.72. The van der Waals surface area contributed by atoms with Gasteiger partial charge in [0.25, 0.3) is 0 Å². The Morgan fingerprint density at radius 3 is 2.20 bits per heavy atom. The molecule has 4 rings (SSSR count). The van der Waals surface area contributed by atoms with E-state index in [1.165, 1.54) is 48.5 Å². The Morgan fingerprint density at radius 2 is 1.64 bits per heavy atom. The molecule has 3 aromatic carbocycles. The van der Waals surface area contributed by atoms with E-state index in [-0.39, 0.29) is 37.0 Å². The predicted octanol–water partition coefficient (Wildman–Crippen LogP) is 4.78. The monoisotopic (exact) mass is 638 g/mol. The third-order valence-electron chi connectivity index (χ3n) is 7.22. The van der Waals surface area contributed by atoms with Gasteiger partial charge in [-0.05, 0) is 60.4 Å². The van der Waals surface area contributed by atoms with Crippen molar-refractivity contribution < 1.29 is 45.4 Å². The van der Waals surface area contributed by atoms with Crippen molar-refractivity contribution in [1.82, 2.24) is 10.6 Å². The summed E-state index contributed by atoms with van der Waals surface area (Å²) in [7, 11) is 0. The lowest BCUT2D eigenvalue weighted by molar-refractivity contribution is -0.124. The number of hydrogen-bond donors (Lipinski definition) is 4. The van der Waals surface area contributed by atoms with Crippen LogP contribution in [0.1, 0.15) is 29.0 Å². The molecular formula is C31H32F6N4O4. The molecule has 2 amide bonds. The Morgan fingerprint density at radius 1 is 1.00 bits per heavy atom. The van der Waals surface area contributed by atoms with Gasteiger partial charge in [0.15, 0.2) is 0 Å². The SMILES string of the molecule is NC(=O)[C@@H](Nc1cccc(F)c1CC[C@@H]1CN[C@H](COC(=O)NCC(F)(F)F)CO1)C(c1cccc(F)c1)c1cccc(F)c1. The predicted molar refractivity (Wildman–Crippen MR) is 153 cm³/mol. The number of hydrogen-bond acceptors (Lipinski definition) is 6. The summed E-state index contributed by atoms with van der Waals surface area (Å²) in [5.41, 5.74) is 7.01. The van der Waals surface area contributed by atoms with Crippen molar-refractivity contribution in [3.05, 3.63) is 101 Å². The minimum Gasteiger partial charge on any atom is -0.448 e. The maximum Gasteiger partial charge on any atom is 0.407 e. The Labute approximate surface area is 255 Å². The van der Waals surface area contributed by atoms with Crippen LogP contribution < -0.4 is 21.7 Å². The molecule has 1 aliphatic rings. The van der Waals surface area contributed by atoms with E-state index in [0.29, 0.717) is 24.1 Å². The van der Waals surface area contributed by atoms with Crippen LogP contribution in [0, 0.1) is 17.5 Å². The van der Waals surface area contributed by atoms with Gasteiger partial charge in [-0.2, -0.15) is 13.2 Å².